The van der Waals surface area contributed by atoms with E-state index < -0.39 is 0 Å². The summed E-state index contributed by atoms with van der Waals surface area (Å²) >= 11 is 3.55. The van der Waals surface area contributed by atoms with Crippen LogP contribution >= 0.6 is 15.9 Å². The van der Waals surface area contributed by atoms with Crippen molar-refractivity contribution in [3.8, 4) is 0 Å². The lowest BCUT2D eigenvalue weighted by Crippen LogP contribution is -2.35. The summed E-state index contributed by atoms with van der Waals surface area (Å²) in [6, 6.07) is 6.41. The van der Waals surface area contributed by atoms with Crippen LogP contribution in [0.4, 0.5) is 0 Å². The summed E-state index contributed by atoms with van der Waals surface area (Å²) in [5, 5.41) is 1.33. The van der Waals surface area contributed by atoms with E-state index in [-0.39, 0.29) is 0 Å². The van der Waals surface area contributed by atoms with Gasteiger partial charge in [-0.25, -0.2) is 0 Å². The number of aromatic amines is 1. The predicted molar refractivity (Wildman–Crippen MR) is 83.1 cm³/mol. The summed E-state index contributed by atoms with van der Waals surface area (Å²) in [6.45, 7) is 4.21. The molecule has 0 atom stereocenters. The molecular weight excluding hydrogens is 302 g/mol. The molecule has 102 valence electrons. The molecule has 2 aromatic rings. The van der Waals surface area contributed by atoms with Gasteiger partial charge in [0, 0.05) is 28.1 Å². The highest BCUT2D eigenvalue weighted by molar-refractivity contribution is 9.10. The minimum absolute atomic E-state index is 0.730. The minimum atomic E-state index is 0.730. The molecule has 0 saturated carbocycles. The normalized spacial score (nSPS) is 18.2. The molecule has 19 heavy (non-hydrogen) atoms. The Labute approximate surface area is 122 Å². The van der Waals surface area contributed by atoms with Crippen LogP contribution in [0.5, 0.6) is 0 Å². The monoisotopic (exact) mass is 321 g/mol. The number of likely N-dealkylation sites (tertiary alicyclic amines) is 1. The molecule has 1 fully saturated rings. The third-order valence-corrected chi connectivity index (χ3v) is 4.66. The highest BCUT2D eigenvalue weighted by Gasteiger charge is 2.18. The zero-order valence-electron chi connectivity index (χ0n) is 11.0. The van der Waals surface area contributed by atoms with E-state index >= 15 is 0 Å². The van der Waals surface area contributed by atoms with Crippen LogP contribution in [0.25, 0.3) is 10.9 Å². The molecule has 4 heteroatoms. The van der Waals surface area contributed by atoms with E-state index in [1.807, 2.05) is 0 Å². The SMILES string of the molecule is NCC1CCN(Cc2c[nH]c3ccc(Br)cc23)CC1. The average Bonchev–Trinajstić information content (AvgIpc) is 2.82. The number of halogens is 1. The summed E-state index contributed by atoms with van der Waals surface area (Å²) in [5.41, 5.74) is 8.36. The topological polar surface area (TPSA) is 45.0 Å². The molecule has 0 unspecified atom stereocenters. The quantitative estimate of drug-likeness (QED) is 0.912. The number of hydrogen-bond donors (Lipinski definition) is 2. The van der Waals surface area contributed by atoms with E-state index in [4.69, 9.17) is 5.73 Å². The summed E-state index contributed by atoms with van der Waals surface area (Å²) in [7, 11) is 0. The van der Waals surface area contributed by atoms with Crippen molar-refractivity contribution in [1.29, 1.82) is 0 Å². The maximum absolute atomic E-state index is 5.75. The van der Waals surface area contributed by atoms with Gasteiger partial charge in [0.25, 0.3) is 0 Å². The average molecular weight is 322 g/mol. The molecule has 0 aliphatic carbocycles. The molecule has 1 aliphatic heterocycles. The largest absolute Gasteiger partial charge is 0.361 e. The summed E-state index contributed by atoms with van der Waals surface area (Å²) in [5.74, 6) is 0.730. The van der Waals surface area contributed by atoms with Crippen molar-refractivity contribution < 1.29 is 0 Å². The van der Waals surface area contributed by atoms with Crippen molar-refractivity contribution in [3.05, 3.63) is 34.4 Å². The molecule has 1 aliphatic rings. The van der Waals surface area contributed by atoms with Gasteiger partial charge < -0.3 is 10.7 Å². The van der Waals surface area contributed by atoms with Gasteiger partial charge >= 0.3 is 0 Å². The van der Waals surface area contributed by atoms with Gasteiger partial charge in [0.2, 0.25) is 0 Å². The molecule has 1 aromatic heterocycles. The number of piperidine rings is 1. The van der Waals surface area contributed by atoms with Crippen LogP contribution in [0, 0.1) is 5.92 Å². The van der Waals surface area contributed by atoms with E-state index in [0.29, 0.717) is 0 Å². The Morgan fingerprint density at radius 3 is 2.84 bits per heavy atom. The first kappa shape index (κ1) is 13.2. The van der Waals surface area contributed by atoms with Gasteiger partial charge in [0.15, 0.2) is 0 Å². The molecular formula is C15H20BrN3. The fraction of sp³-hybridized carbons (Fsp3) is 0.467. The van der Waals surface area contributed by atoms with E-state index in [1.54, 1.807) is 0 Å². The number of nitrogens with zero attached hydrogens (tertiary/aromatic N) is 1. The molecule has 0 radical (unpaired) electrons. The fourth-order valence-corrected chi connectivity index (χ4v) is 3.26. The lowest BCUT2D eigenvalue weighted by atomic mass is 9.97. The predicted octanol–water partition coefficient (Wildman–Crippen LogP) is 3.10. The summed E-state index contributed by atoms with van der Waals surface area (Å²) < 4.78 is 1.14. The zero-order valence-corrected chi connectivity index (χ0v) is 12.6. The molecule has 1 aromatic carbocycles. The molecule has 3 N–H and O–H groups in total. The van der Waals surface area contributed by atoms with Crippen molar-refractivity contribution in [3.63, 3.8) is 0 Å². The highest BCUT2D eigenvalue weighted by Crippen LogP contribution is 2.25. The maximum atomic E-state index is 5.75. The lowest BCUT2D eigenvalue weighted by molar-refractivity contribution is 0.181. The first-order valence-electron chi connectivity index (χ1n) is 6.94. The number of hydrogen-bond acceptors (Lipinski definition) is 2. The molecule has 1 saturated heterocycles. The van der Waals surface area contributed by atoms with Crippen molar-refractivity contribution in [2.24, 2.45) is 11.7 Å². The zero-order chi connectivity index (χ0) is 13.2. The summed E-state index contributed by atoms with van der Waals surface area (Å²) in [6.07, 6.45) is 4.62. The molecule has 3 nitrogen and oxygen atoms in total. The number of fused-ring (bicyclic) bond motifs is 1. The number of aromatic nitrogens is 1. The van der Waals surface area contributed by atoms with Crippen molar-refractivity contribution >= 4 is 26.8 Å². The highest BCUT2D eigenvalue weighted by atomic mass is 79.9. The van der Waals surface area contributed by atoms with E-state index in [1.165, 1.54) is 42.4 Å². The number of H-pyrrole nitrogens is 1. The van der Waals surface area contributed by atoms with Crippen LogP contribution in [0.15, 0.2) is 28.9 Å². The Balaban J connectivity index is 1.73. The Kier molecular flexibility index (Phi) is 3.91. The maximum Gasteiger partial charge on any atom is 0.0458 e. The van der Waals surface area contributed by atoms with Gasteiger partial charge in [-0.3, -0.25) is 4.90 Å². The number of nitrogens with two attached hydrogens (primary N) is 1. The van der Waals surface area contributed by atoms with Crippen molar-refractivity contribution in [2.45, 2.75) is 19.4 Å². The van der Waals surface area contributed by atoms with Crippen LogP contribution in [-0.4, -0.2) is 29.5 Å². The fourth-order valence-electron chi connectivity index (χ4n) is 2.90. The molecule has 0 amide bonds. The Morgan fingerprint density at radius 1 is 1.32 bits per heavy atom. The second-order valence-corrected chi connectivity index (χ2v) is 6.37. The summed E-state index contributed by atoms with van der Waals surface area (Å²) in [4.78, 5) is 5.89. The van der Waals surface area contributed by atoms with Gasteiger partial charge in [-0.1, -0.05) is 15.9 Å². The Hall–Kier alpha value is -0.840. The lowest BCUT2D eigenvalue weighted by Gasteiger charge is -2.31. The van der Waals surface area contributed by atoms with Crippen LogP contribution in [-0.2, 0) is 6.54 Å². The van der Waals surface area contributed by atoms with Crippen LogP contribution in [0.2, 0.25) is 0 Å². The van der Waals surface area contributed by atoms with Crippen LogP contribution in [0.3, 0.4) is 0 Å². The van der Waals surface area contributed by atoms with Crippen LogP contribution in [0.1, 0.15) is 18.4 Å². The molecule has 3 rings (SSSR count). The van der Waals surface area contributed by atoms with E-state index in [0.717, 1.165) is 23.5 Å². The third-order valence-electron chi connectivity index (χ3n) is 4.16. The molecule has 2 heterocycles. The van der Waals surface area contributed by atoms with Gasteiger partial charge in [0.1, 0.15) is 0 Å². The standard InChI is InChI=1S/C15H20BrN3/c16-13-1-2-15-14(7-13)12(9-18-15)10-19-5-3-11(8-17)4-6-19/h1-2,7,9,11,18H,3-6,8,10,17H2. The third kappa shape index (κ3) is 2.86. The van der Waals surface area contributed by atoms with Gasteiger partial charge in [-0.05, 0) is 62.2 Å². The van der Waals surface area contributed by atoms with E-state index in [2.05, 4.69) is 50.2 Å². The van der Waals surface area contributed by atoms with Gasteiger partial charge in [-0.15, -0.1) is 0 Å². The van der Waals surface area contributed by atoms with Crippen molar-refractivity contribution in [2.75, 3.05) is 19.6 Å². The number of nitrogens with one attached hydrogen (secondary N) is 1. The first-order valence-corrected chi connectivity index (χ1v) is 7.73. The van der Waals surface area contributed by atoms with Gasteiger partial charge in [0.05, 0.1) is 0 Å². The number of rotatable bonds is 3. The van der Waals surface area contributed by atoms with Gasteiger partial charge in [-0.2, -0.15) is 0 Å². The first-order chi connectivity index (χ1) is 9.26. The smallest absolute Gasteiger partial charge is 0.0458 e. The minimum Gasteiger partial charge on any atom is -0.361 e. The molecule has 0 bridgehead atoms. The number of benzene rings is 1. The second-order valence-electron chi connectivity index (χ2n) is 5.46. The molecule has 0 spiro atoms. The second kappa shape index (κ2) is 5.65. The Bertz CT molecular complexity index is 556. The Morgan fingerprint density at radius 2 is 2.11 bits per heavy atom. The van der Waals surface area contributed by atoms with E-state index in [9.17, 15) is 0 Å². The van der Waals surface area contributed by atoms with Crippen LogP contribution < -0.4 is 5.73 Å². The van der Waals surface area contributed by atoms with Crippen molar-refractivity contribution in [1.82, 2.24) is 9.88 Å².